The molecule has 4 rings (SSSR count). The van der Waals surface area contributed by atoms with E-state index in [-0.39, 0.29) is 5.56 Å². The second kappa shape index (κ2) is 8.94. The molecule has 158 valence electrons. The van der Waals surface area contributed by atoms with Crippen molar-refractivity contribution < 1.29 is 8.78 Å². The van der Waals surface area contributed by atoms with Gasteiger partial charge >= 0.3 is 0 Å². The summed E-state index contributed by atoms with van der Waals surface area (Å²) in [5.41, 5.74) is 5.20. The molecule has 1 aromatic carbocycles. The first kappa shape index (κ1) is 21.1. The van der Waals surface area contributed by atoms with Crippen LogP contribution >= 0.6 is 0 Å². The highest BCUT2D eigenvalue weighted by Crippen LogP contribution is 2.36. The summed E-state index contributed by atoms with van der Waals surface area (Å²) in [6.45, 7) is 3.89. The van der Waals surface area contributed by atoms with E-state index >= 15 is 0 Å². The molecule has 1 aliphatic rings. The lowest BCUT2D eigenvalue weighted by molar-refractivity contribution is 0.621. The average Bonchev–Trinajstić information content (AvgIpc) is 2.81. The maximum absolute atomic E-state index is 14.3. The van der Waals surface area contributed by atoms with Crippen LogP contribution < -0.4 is 4.90 Å². The average molecular weight is 426 g/mol. The number of nitrogens with zero attached hydrogens (tertiary/aromatic N) is 4. The highest BCUT2D eigenvalue weighted by atomic mass is 19.1. The molecule has 0 saturated carbocycles. The van der Waals surface area contributed by atoms with Crippen molar-refractivity contribution in [3.8, 4) is 6.07 Å². The third-order valence-corrected chi connectivity index (χ3v) is 5.53. The molecule has 0 amide bonds. The lowest BCUT2D eigenvalue weighted by Crippen LogP contribution is -2.22. The molecule has 0 atom stereocenters. The van der Waals surface area contributed by atoms with Gasteiger partial charge in [-0.3, -0.25) is 9.97 Å². The number of rotatable bonds is 5. The molecular formula is C26H20F2N4. The van der Waals surface area contributed by atoms with Crippen LogP contribution in [0, 0.1) is 23.0 Å². The second-order valence-corrected chi connectivity index (χ2v) is 7.37. The van der Waals surface area contributed by atoms with E-state index in [0.717, 1.165) is 35.1 Å². The van der Waals surface area contributed by atoms with Gasteiger partial charge in [0.05, 0.1) is 29.3 Å². The van der Waals surface area contributed by atoms with E-state index in [0.29, 0.717) is 23.2 Å². The van der Waals surface area contributed by atoms with Crippen molar-refractivity contribution in [3.63, 3.8) is 0 Å². The highest BCUT2D eigenvalue weighted by Gasteiger charge is 2.23. The first-order chi connectivity index (χ1) is 15.5. The van der Waals surface area contributed by atoms with Crippen molar-refractivity contribution in [3.05, 3.63) is 113 Å². The van der Waals surface area contributed by atoms with Gasteiger partial charge in [-0.15, -0.1) is 0 Å². The number of pyridine rings is 2. The molecule has 0 fully saturated rings. The zero-order chi connectivity index (χ0) is 22.7. The zero-order valence-corrected chi connectivity index (χ0v) is 17.5. The molecule has 2 aromatic heterocycles. The molecule has 32 heavy (non-hydrogen) atoms. The number of hydrogen-bond donors (Lipinski definition) is 0. The van der Waals surface area contributed by atoms with Gasteiger partial charge in [-0.2, -0.15) is 5.26 Å². The third-order valence-electron chi connectivity index (χ3n) is 5.53. The van der Waals surface area contributed by atoms with E-state index in [1.165, 1.54) is 12.1 Å². The van der Waals surface area contributed by atoms with Crippen LogP contribution in [-0.2, 0) is 6.42 Å². The van der Waals surface area contributed by atoms with Crippen molar-refractivity contribution in [1.82, 2.24) is 9.97 Å². The van der Waals surface area contributed by atoms with Gasteiger partial charge in [-0.05, 0) is 42.2 Å². The fraction of sp³-hybridized carbons (Fsp3) is 0.115. The lowest BCUT2D eigenvalue weighted by atomic mass is 9.89. The normalized spacial score (nSPS) is 13.4. The number of anilines is 1. The second-order valence-electron chi connectivity index (χ2n) is 7.37. The Morgan fingerprint density at radius 1 is 1.19 bits per heavy atom. The largest absolute Gasteiger partial charge is 0.346 e. The lowest BCUT2D eigenvalue weighted by Gasteiger charge is -2.29. The van der Waals surface area contributed by atoms with Crippen LogP contribution in [-0.4, -0.2) is 17.0 Å². The molecule has 2 heterocycles. The summed E-state index contributed by atoms with van der Waals surface area (Å²) in [5.74, 6) is -1.01. The molecular weight excluding hydrogens is 406 g/mol. The fourth-order valence-corrected chi connectivity index (χ4v) is 3.93. The quantitative estimate of drug-likeness (QED) is 0.492. The van der Waals surface area contributed by atoms with Crippen molar-refractivity contribution in [2.45, 2.75) is 12.8 Å². The van der Waals surface area contributed by atoms with Crippen molar-refractivity contribution >= 4 is 16.8 Å². The molecule has 0 bridgehead atoms. The molecule has 0 unspecified atom stereocenters. The molecule has 0 spiro atoms. The summed E-state index contributed by atoms with van der Waals surface area (Å²) in [5, 5.41) is 9.50. The summed E-state index contributed by atoms with van der Waals surface area (Å²) in [7, 11) is 1.85. The number of allylic oxidation sites excluding steroid dienone is 5. The number of aromatic nitrogens is 2. The summed E-state index contributed by atoms with van der Waals surface area (Å²) in [6.07, 6.45) is 9.41. The van der Waals surface area contributed by atoms with E-state index in [1.54, 1.807) is 30.6 Å². The SMILES string of the molecule is C=C/C(=C\C1=C(N(C)c2cncc(F)c2)CCc2cccnc21)c1cccc(F)c1C#N. The Balaban J connectivity index is 1.94. The molecule has 3 aromatic rings. The maximum Gasteiger partial charge on any atom is 0.143 e. The Bertz CT molecular complexity index is 1300. The number of benzene rings is 1. The molecule has 6 heteroatoms. The van der Waals surface area contributed by atoms with Gasteiger partial charge in [0.15, 0.2) is 0 Å². The number of nitriles is 1. The van der Waals surface area contributed by atoms with E-state index in [2.05, 4.69) is 16.5 Å². The van der Waals surface area contributed by atoms with Crippen LogP contribution in [0.4, 0.5) is 14.5 Å². The van der Waals surface area contributed by atoms with E-state index in [1.807, 2.05) is 36.2 Å². The summed E-state index contributed by atoms with van der Waals surface area (Å²) < 4.78 is 28.1. The topological polar surface area (TPSA) is 52.8 Å². The number of fused-ring (bicyclic) bond motifs is 1. The smallest absolute Gasteiger partial charge is 0.143 e. The monoisotopic (exact) mass is 426 g/mol. The molecule has 1 aliphatic carbocycles. The van der Waals surface area contributed by atoms with Gasteiger partial charge in [0.2, 0.25) is 0 Å². The Hall–Kier alpha value is -4.11. The minimum absolute atomic E-state index is 0.0412. The van der Waals surface area contributed by atoms with Gasteiger partial charge in [0.25, 0.3) is 0 Å². The first-order valence-electron chi connectivity index (χ1n) is 10.1. The van der Waals surface area contributed by atoms with E-state index in [9.17, 15) is 14.0 Å². The standard InChI is InChI=1S/C26H20F2N4/c1-3-17(21-7-4-8-24(28)23(21)14-29)12-22-25(10-9-18-6-5-11-31-26(18)22)32(2)20-13-19(27)15-30-16-20/h3-8,11-13,15-16H,1,9-10H2,2H3/b17-12+. The maximum atomic E-state index is 14.3. The molecule has 0 aliphatic heterocycles. The van der Waals surface area contributed by atoms with Crippen LogP contribution in [0.5, 0.6) is 0 Å². The predicted octanol–water partition coefficient (Wildman–Crippen LogP) is 5.69. The predicted molar refractivity (Wildman–Crippen MR) is 121 cm³/mol. The Morgan fingerprint density at radius 3 is 2.78 bits per heavy atom. The Morgan fingerprint density at radius 2 is 2.03 bits per heavy atom. The van der Waals surface area contributed by atoms with Crippen LogP contribution in [0.3, 0.4) is 0 Å². The molecule has 4 nitrogen and oxygen atoms in total. The van der Waals surface area contributed by atoms with Crippen LogP contribution in [0.1, 0.15) is 28.8 Å². The summed E-state index contributed by atoms with van der Waals surface area (Å²) in [4.78, 5) is 10.4. The minimum Gasteiger partial charge on any atom is -0.346 e. The first-order valence-corrected chi connectivity index (χ1v) is 10.1. The van der Waals surface area contributed by atoms with Crippen molar-refractivity contribution in [1.29, 1.82) is 5.26 Å². The van der Waals surface area contributed by atoms with Crippen LogP contribution in [0.25, 0.3) is 11.1 Å². The minimum atomic E-state index is -0.586. The Labute approximate surface area is 185 Å². The Kier molecular flexibility index (Phi) is 5.91. The third kappa shape index (κ3) is 3.93. The van der Waals surface area contributed by atoms with Crippen LogP contribution in [0.2, 0.25) is 0 Å². The molecule has 0 saturated heterocycles. The fourth-order valence-electron chi connectivity index (χ4n) is 3.93. The number of hydrogen-bond acceptors (Lipinski definition) is 4. The van der Waals surface area contributed by atoms with Gasteiger partial charge in [0.1, 0.15) is 17.7 Å². The van der Waals surface area contributed by atoms with Crippen molar-refractivity contribution in [2.75, 3.05) is 11.9 Å². The number of halogens is 2. The van der Waals surface area contributed by atoms with E-state index in [4.69, 9.17) is 0 Å². The van der Waals surface area contributed by atoms with Gasteiger partial charge in [-0.25, -0.2) is 8.78 Å². The summed E-state index contributed by atoms with van der Waals surface area (Å²) in [6, 6.07) is 11.8. The molecule has 0 radical (unpaired) electrons. The summed E-state index contributed by atoms with van der Waals surface area (Å²) >= 11 is 0. The zero-order valence-electron chi connectivity index (χ0n) is 17.5. The highest BCUT2D eigenvalue weighted by molar-refractivity contribution is 5.91. The number of aryl methyl sites for hydroxylation is 1. The van der Waals surface area contributed by atoms with Gasteiger partial charge in [0, 0.05) is 36.1 Å². The van der Waals surface area contributed by atoms with Gasteiger partial charge < -0.3 is 4.90 Å². The molecule has 0 N–H and O–H groups in total. The van der Waals surface area contributed by atoms with E-state index < -0.39 is 11.6 Å². The van der Waals surface area contributed by atoms with Crippen molar-refractivity contribution in [2.24, 2.45) is 0 Å². The van der Waals surface area contributed by atoms with Gasteiger partial charge in [-0.1, -0.05) is 30.9 Å². The van der Waals surface area contributed by atoms with Crippen LogP contribution in [0.15, 0.2) is 79.4 Å².